The van der Waals surface area contributed by atoms with Gasteiger partial charge in [-0.2, -0.15) is 0 Å². The van der Waals surface area contributed by atoms with E-state index < -0.39 is 0 Å². The van der Waals surface area contributed by atoms with Crippen LogP contribution in [0.25, 0.3) is 0 Å². The SMILES string of the molecule is CN=C(NCc1cc(C(C)C)no1)N1CCN(C(C)C(=O)N2CCCC2)CC1.I. The molecule has 0 bridgehead atoms. The van der Waals surface area contributed by atoms with E-state index in [9.17, 15) is 4.79 Å². The summed E-state index contributed by atoms with van der Waals surface area (Å²) in [6.45, 7) is 12.1. The molecule has 0 radical (unpaired) electrons. The summed E-state index contributed by atoms with van der Waals surface area (Å²) < 4.78 is 5.40. The van der Waals surface area contributed by atoms with Crippen molar-refractivity contribution in [3.63, 3.8) is 0 Å². The number of aromatic nitrogens is 1. The van der Waals surface area contributed by atoms with Crippen molar-refractivity contribution in [2.24, 2.45) is 4.99 Å². The molecule has 3 heterocycles. The number of carbonyl (C=O) groups is 1. The molecule has 0 aromatic carbocycles. The molecule has 8 nitrogen and oxygen atoms in total. The molecule has 1 aromatic heterocycles. The number of likely N-dealkylation sites (tertiary alicyclic amines) is 1. The molecular weight excluding hydrogens is 483 g/mol. The van der Waals surface area contributed by atoms with Gasteiger partial charge >= 0.3 is 0 Å². The van der Waals surface area contributed by atoms with E-state index in [1.54, 1.807) is 7.05 Å². The molecule has 2 aliphatic heterocycles. The minimum absolute atomic E-state index is 0. The van der Waals surface area contributed by atoms with Crippen molar-refractivity contribution in [3.8, 4) is 0 Å². The van der Waals surface area contributed by atoms with Gasteiger partial charge in [0.15, 0.2) is 11.7 Å². The molecule has 2 saturated heterocycles. The Kier molecular flexibility index (Phi) is 9.19. The van der Waals surface area contributed by atoms with Crippen molar-refractivity contribution in [1.29, 1.82) is 0 Å². The fourth-order valence-corrected chi connectivity index (χ4v) is 3.86. The summed E-state index contributed by atoms with van der Waals surface area (Å²) in [4.78, 5) is 23.6. The van der Waals surface area contributed by atoms with E-state index in [0.29, 0.717) is 12.5 Å². The summed E-state index contributed by atoms with van der Waals surface area (Å²) in [6, 6.07) is 1.95. The van der Waals surface area contributed by atoms with Crippen LogP contribution in [-0.4, -0.2) is 84.1 Å². The Bertz CT molecular complexity index is 678. The van der Waals surface area contributed by atoms with Crippen LogP contribution in [0.15, 0.2) is 15.6 Å². The van der Waals surface area contributed by atoms with Gasteiger partial charge in [-0.15, -0.1) is 24.0 Å². The first-order valence-corrected chi connectivity index (χ1v) is 10.4. The summed E-state index contributed by atoms with van der Waals surface area (Å²) in [5.41, 5.74) is 0.969. The van der Waals surface area contributed by atoms with Crippen LogP contribution >= 0.6 is 24.0 Å². The predicted octanol–water partition coefficient (Wildman–Crippen LogP) is 2.12. The summed E-state index contributed by atoms with van der Waals surface area (Å²) >= 11 is 0. The van der Waals surface area contributed by atoms with Crippen molar-refractivity contribution in [1.82, 2.24) is 25.2 Å². The minimum Gasteiger partial charge on any atom is -0.359 e. The van der Waals surface area contributed by atoms with Crippen LogP contribution in [0.3, 0.4) is 0 Å². The second-order valence-corrected chi connectivity index (χ2v) is 8.00. The highest BCUT2D eigenvalue weighted by Gasteiger charge is 2.30. The van der Waals surface area contributed by atoms with Crippen molar-refractivity contribution >= 4 is 35.8 Å². The lowest BCUT2D eigenvalue weighted by Gasteiger charge is -2.39. The van der Waals surface area contributed by atoms with Gasteiger partial charge in [0.05, 0.1) is 18.3 Å². The van der Waals surface area contributed by atoms with Crippen molar-refractivity contribution in [3.05, 3.63) is 17.5 Å². The molecule has 0 spiro atoms. The number of guanidine groups is 1. The maximum Gasteiger partial charge on any atom is 0.239 e. The summed E-state index contributed by atoms with van der Waals surface area (Å²) in [6.07, 6.45) is 2.27. The zero-order valence-corrected chi connectivity index (χ0v) is 20.4. The molecule has 1 atom stereocenters. The number of halogens is 1. The number of piperazine rings is 1. The second-order valence-electron chi connectivity index (χ2n) is 8.00. The van der Waals surface area contributed by atoms with Gasteiger partial charge in [0, 0.05) is 52.4 Å². The van der Waals surface area contributed by atoms with Gasteiger partial charge in [-0.1, -0.05) is 19.0 Å². The first kappa shape index (κ1) is 23.9. The van der Waals surface area contributed by atoms with E-state index >= 15 is 0 Å². The van der Waals surface area contributed by atoms with Gasteiger partial charge in [-0.05, 0) is 25.7 Å². The second kappa shape index (κ2) is 11.1. The van der Waals surface area contributed by atoms with E-state index in [1.165, 1.54) is 0 Å². The highest BCUT2D eigenvalue weighted by molar-refractivity contribution is 14.0. The zero-order chi connectivity index (χ0) is 20.1. The fourth-order valence-electron chi connectivity index (χ4n) is 3.86. The number of amides is 1. The normalized spacial score (nSPS) is 19.4. The summed E-state index contributed by atoms with van der Waals surface area (Å²) in [7, 11) is 1.80. The Hall–Kier alpha value is -1.36. The van der Waals surface area contributed by atoms with Gasteiger partial charge in [-0.3, -0.25) is 14.7 Å². The lowest BCUT2D eigenvalue weighted by Crippen LogP contribution is -2.57. The van der Waals surface area contributed by atoms with Gasteiger partial charge in [0.2, 0.25) is 5.91 Å². The first-order valence-electron chi connectivity index (χ1n) is 10.4. The monoisotopic (exact) mass is 518 g/mol. The number of aliphatic imine (C=N–C) groups is 1. The average molecular weight is 518 g/mol. The number of carbonyl (C=O) groups excluding carboxylic acids is 1. The lowest BCUT2D eigenvalue weighted by molar-refractivity contribution is -0.135. The molecule has 1 amide bonds. The topological polar surface area (TPSA) is 77.2 Å². The number of hydrogen-bond donors (Lipinski definition) is 1. The van der Waals surface area contributed by atoms with E-state index in [4.69, 9.17) is 4.52 Å². The molecule has 29 heavy (non-hydrogen) atoms. The van der Waals surface area contributed by atoms with E-state index in [-0.39, 0.29) is 35.9 Å². The summed E-state index contributed by atoms with van der Waals surface area (Å²) in [5, 5.41) is 7.47. The van der Waals surface area contributed by atoms with Crippen LogP contribution < -0.4 is 5.32 Å². The first-order chi connectivity index (χ1) is 13.5. The van der Waals surface area contributed by atoms with Crippen LogP contribution in [0.5, 0.6) is 0 Å². The molecule has 3 rings (SSSR count). The van der Waals surface area contributed by atoms with Crippen LogP contribution in [0.2, 0.25) is 0 Å². The van der Waals surface area contributed by atoms with E-state index in [2.05, 4.69) is 39.1 Å². The third-order valence-corrected chi connectivity index (χ3v) is 5.74. The zero-order valence-electron chi connectivity index (χ0n) is 18.1. The Balaban J connectivity index is 0.00000300. The van der Waals surface area contributed by atoms with E-state index in [1.807, 2.05) is 17.9 Å². The molecule has 1 unspecified atom stereocenters. The van der Waals surface area contributed by atoms with Crippen LogP contribution in [0, 0.1) is 0 Å². The van der Waals surface area contributed by atoms with Crippen molar-refractivity contribution < 1.29 is 9.32 Å². The molecule has 0 aliphatic carbocycles. The van der Waals surface area contributed by atoms with Crippen LogP contribution in [0.4, 0.5) is 0 Å². The molecule has 1 aromatic rings. The Labute approximate surface area is 191 Å². The Morgan fingerprint density at radius 3 is 2.34 bits per heavy atom. The van der Waals surface area contributed by atoms with Gasteiger partial charge in [0.25, 0.3) is 0 Å². The Morgan fingerprint density at radius 1 is 1.14 bits per heavy atom. The van der Waals surface area contributed by atoms with Gasteiger partial charge in [0.1, 0.15) is 0 Å². The fraction of sp³-hybridized carbons (Fsp3) is 0.750. The third-order valence-electron chi connectivity index (χ3n) is 5.74. The average Bonchev–Trinajstić information content (AvgIpc) is 3.40. The Morgan fingerprint density at radius 2 is 1.79 bits per heavy atom. The number of nitrogens with one attached hydrogen (secondary N) is 1. The van der Waals surface area contributed by atoms with Crippen molar-refractivity contribution in [2.75, 3.05) is 46.3 Å². The minimum atomic E-state index is -0.0427. The summed E-state index contributed by atoms with van der Waals surface area (Å²) in [5.74, 6) is 2.31. The molecule has 2 fully saturated rings. The molecule has 0 saturated carbocycles. The van der Waals surface area contributed by atoms with E-state index in [0.717, 1.165) is 69.5 Å². The largest absolute Gasteiger partial charge is 0.359 e. The highest BCUT2D eigenvalue weighted by Crippen LogP contribution is 2.15. The lowest BCUT2D eigenvalue weighted by atomic mass is 10.1. The number of rotatable bonds is 5. The number of hydrogen-bond acceptors (Lipinski definition) is 5. The van der Waals surface area contributed by atoms with Crippen LogP contribution in [0.1, 0.15) is 51.0 Å². The predicted molar refractivity (Wildman–Crippen MR) is 125 cm³/mol. The van der Waals surface area contributed by atoms with Gasteiger partial charge < -0.3 is 19.6 Å². The quantitative estimate of drug-likeness (QED) is 0.366. The van der Waals surface area contributed by atoms with Crippen LogP contribution in [-0.2, 0) is 11.3 Å². The molecule has 1 N–H and O–H groups in total. The number of nitrogens with zero attached hydrogens (tertiary/aromatic N) is 5. The van der Waals surface area contributed by atoms with Gasteiger partial charge in [-0.25, -0.2) is 0 Å². The third kappa shape index (κ3) is 6.07. The molecule has 164 valence electrons. The molecule has 9 heteroatoms. The highest BCUT2D eigenvalue weighted by atomic mass is 127. The van der Waals surface area contributed by atoms with Crippen molar-refractivity contribution in [2.45, 2.75) is 52.1 Å². The maximum atomic E-state index is 12.6. The molecule has 2 aliphatic rings. The smallest absolute Gasteiger partial charge is 0.239 e. The standard InChI is InChI=1S/C20H34N6O2.HI/c1-15(2)18-13-17(28-23-18)14-22-20(21-4)26-11-9-24(10-12-26)16(3)19(27)25-7-5-6-8-25;/h13,15-16H,5-12,14H2,1-4H3,(H,21,22);1H. The molecular formula is C20H35IN6O2. The maximum absolute atomic E-state index is 12.6.